The third-order valence-electron chi connectivity index (χ3n) is 4.54. The maximum Gasteiger partial charge on any atom is 0.203 e. The number of nitrogens with two attached hydrogens (primary N) is 1. The van der Waals surface area contributed by atoms with Crippen molar-refractivity contribution in [2.75, 3.05) is 18.8 Å². The van der Waals surface area contributed by atoms with E-state index in [1.807, 2.05) is 36.4 Å². The summed E-state index contributed by atoms with van der Waals surface area (Å²) >= 11 is 0. The van der Waals surface area contributed by atoms with E-state index >= 15 is 0 Å². The van der Waals surface area contributed by atoms with E-state index < -0.39 is 0 Å². The summed E-state index contributed by atoms with van der Waals surface area (Å²) in [6, 6.07) is 16.1. The molecule has 2 N–H and O–H groups in total. The predicted octanol–water partition coefficient (Wildman–Crippen LogP) is 0.484. The van der Waals surface area contributed by atoms with Crippen LogP contribution >= 0.6 is 0 Å². The van der Waals surface area contributed by atoms with E-state index in [0.29, 0.717) is 5.69 Å². The maximum atomic E-state index is 6.19. The van der Waals surface area contributed by atoms with Crippen molar-refractivity contribution in [1.29, 1.82) is 0 Å². The maximum absolute atomic E-state index is 6.19. The molecule has 0 saturated carbocycles. The van der Waals surface area contributed by atoms with Crippen LogP contribution in [0.2, 0.25) is 0 Å². The first kappa shape index (κ1) is 17.2. The number of anilines is 1. The van der Waals surface area contributed by atoms with Crippen molar-refractivity contribution in [2.24, 2.45) is 0 Å². The van der Waals surface area contributed by atoms with Crippen LogP contribution in [0, 0.1) is 0 Å². The van der Waals surface area contributed by atoms with Crippen LogP contribution in [0.4, 0.5) is 5.69 Å². The average Bonchev–Trinajstić information content (AvgIpc) is 2.62. The first-order chi connectivity index (χ1) is 11.7. The van der Waals surface area contributed by atoms with E-state index in [-0.39, 0.29) is 12.4 Å². The van der Waals surface area contributed by atoms with Gasteiger partial charge in [-0.25, -0.2) is 9.56 Å². The summed E-state index contributed by atoms with van der Waals surface area (Å²) in [5.41, 5.74) is 9.33. The molecule has 1 aliphatic carbocycles. The van der Waals surface area contributed by atoms with Crippen molar-refractivity contribution in [1.82, 2.24) is 9.56 Å². The van der Waals surface area contributed by atoms with Crippen molar-refractivity contribution in [3.05, 3.63) is 53.9 Å². The van der Waals surface area contributed by atoms with E-state index in [1.165, 1.54) is 0 Å². The zero-order valence-electron chi connectivity index (χ0n) is 14.3. The van der Waals surface area contributed by atoms with Crippen molar-refractivity contribution in [2.45, 2.75) is 13.8 Å². The average molecular weight is 354 g/mol. The number of benzene rings is 3. The number of halogens is 1. The van der Waals surface area contributed by atoms with Crippen molar-refractivity contribution in [3.8, 4) is 11.5 Å². The summed E-state index contributed by atoms with van der Waals surface area (Å²) in [6.45, 7) is 6.22. The van der Waals surface area contributed by atoms with Gasteiger partial charge in [0, 0.05) is 28.6 Å². The molecule has 1 aliphatic heterocycles. The molecule has 128 valence electrons. The van der Waals surface area contributed by atoms with Gasteiger partial charge in [0.05, 0.1) is 6.07 Å². The van der Waals surface area contributed by atoms with Gasteiger partial charge in [0.1, 0.15) is 24.3 Å². The Kier molecular flexibility index (Phi) is 4.64. The highest BCUT2D eigenvalue weighted by Crippen LogP contribution is 2.32. The molecule has 5 heteroatoms. The number of aromatic nitrogens is 1. The van der Waals surface area contributed by atoms with Crippen LogP contribution in [0.5, 0.6) is 0 Å². The molecule has 0 amide bonds. The van der Waals surface area contributed by atoms with Crippen LogP contribution < -0.4 is 28.1 Å². The molecular weight excluding hydrogens is 334 g/mol. The van der Waals surface area contributed by atoms with Gasteiger partial charge in [0.25, 0.3) is 0 Å². The van der Waals surface area contributed by atoms with Gasteiger partial charge in [-0.1, -0.05) is 24.3 Å². The van der Waals surface area contributed by atoms with E-state index in [2.05, 4.69) is 30.6 Å². The molecule has 2 aliphatic rings. The molecular formula is C20H20ClN3O. The summed E-state index contributed by atoms with van der Waals surface area (Å²) in [5.74, 6) is 0.779. The number of nitrogens with zero attached hydrogens (tertiary/aromatic N) is 2. The second-order valence-electron chi connectivity index (χ2n) is 5.90. The lowest BCUT2D eigenvalue weighted by molar-refractivity contribution is -0.00000541. The molecule has 0 unspecified atom stereocenters. The molecule has 0 aromatic heterocycles. The Balaban J connectivity index is 0.00000182. The Morgan fingerprint density at radius 1 is 1.00 bits per heavy atom. The van der Waals surface area contributed by atoms with Crippen molar-refractivity contribution in [3.63, 3.8) is 0 Å². The molecule has 0 spiro atoms. The first-order valence-corrected chi connectivity index (χ1v) is 8.31. The summed E-state index contributed by atoms with van der Waals surface area (Å²) < 4.78 is 8.43. The largest absolute Gasteiger partial charge is 1.00 e. The summed E-state index contributed by atoms with van der Waals surface area (Å²) in [6.07, 6.45) is 0. The highest BCUT2D eigenvalue weighted by atomic mass is 35.5. The van der Waals surface area contributed by atoms with Crippen LogP contribution in [-0.2, 0) is 0 Å². The molecule has 0 radical (unpaired) electrons. The highest BCUT2D eigenvalue weighted by molar-refractivity contribution is 6.09. The quantitative estimate of drug-likeness (QED) is 0.247. The standard InChI is InChI=1S/C20H19N3O.ClH/c1-3-23(4-2)13-9-10-17-18(11-13)24-19-12-16(21)14-7-5-6-8-15(14)20(19)22-17;/h5-12,21H,3-4H2,1-2H3;1H. The van der Waals surface area contributed by atoms with E-state index in [4.69, 9.17) is 15.1 Å². The van der Waals surface area contributed by atoms with Gasteiger partial charge in [0.2, 0.25) is 5.36 Å². The second kappa shape index (κ2) is 6.73. The van der Waals surface area contributed by atoms with Crippen LogP contribution in [-0.4, -0.2) is 18.1 Å². The minimum Gasteiger partial charge on any atom is -1.00 e. The zero-order valence-corrected chi connectivity index (χ0v) is 15.0. The van der Waals surface area contributed by atoms with Gasteiger partial charge in [-0.2, -0.15) is 0 Å². The summed E-state index contributed by atoms with van der Waals surface area (Å²) in [4.78, 5) is 4.83. The van der Waals surface area contributed by atoms with Crippen LogP contribution in [0.3, 0.4) is 0 Å². The number of nitrogen functional groups attached to an aromatic ring is 1. The van der Waals surface area contributed by atoms with Crippen LogP contribution in [0.1, 0.15) is 13.8 Å². The fourth-order valence-electron chi connectivity index (χ4n) is 3.26. The van der Waals surface area contributed by atoms with E-state index in [1.54, 1.807) is 0 Å². The van der Waals surface area contributed by atoms with Crippen molar-refractivity contribution >= 4 is 27.6 Å². The summed E-state index contributed by atoms with van der Waals surface area (Å²) in [5, 5.41) is 3.17. The minimum atomic E-state index is 0. The topological polar surface area (TPSA) is 55.1 Å². The third-order valence-corrected chi connectivity index (χ3v) is 4.54. The SMILES string of the molecule is CC[N+](CC)=c1ccc2nc3c(cc(N)c4ccccc43)oc-2c1.[Cl-]. The first-order valence-electron chi connectivity index (χ1n) is 8.31. The molecule has 1 heterocycles. The smallest absolute Gasteiger partial charge is 0.203 e. The van der Waals surface area contributed by atoms with Gasteiger partial charge in [0.15, 0.2) is 11.3 Å². The van der Waals surface area contributed by atoms with Crippen LogP contribution in [0.15, 0.2) is 52.9 Å². The Hall–Kier alpha value is -2.59. The molecule has 2 aromatic rings. The van der Waals surface area contributed by atoms with Crippen LogP contribution in [0.25, 0.3) is 33.3 Å². The Morgan fingerprint density at radius 2 is 1.72 bits per heavy atom. The number of rotatable bonds is 2. The van der Waals surface area contributed by atoms with Gasteiger partial charge < -0.3 is 22.6 Å². The van der Waals surface area contributed by atoms with Crippen molar-refractivity contribution < 1.29 is 16.8 Å². The van der Waals surface area contributed by atoms with E-state index in [0.717, 1.165) is 51.8 Å². The molecule has 0 fully saturated rings. The highest BCUT2D eigenvalue weighted by Gasteiger charge is 2.14. The Bertz CT molecular complexity index is 1090. The minimum absolute atomic E-state index is 0. The molecule has 2 aromatic carbocycles. The normalized spacial score (nSPS) is 11.0. The third kappa shape index (κ3) is 2.83. The predicted molar refractivity (Wildman–Crippen MR) is 98.9 cm³/mol. The molecule has 4 rings (SSSR count). The number of hydrogen-bond donors (Lipinski definition) is 1. The Labute approximate surface area is 152 Å². The molecule has 25 heavy (non-hydrogen) atoms. The fraction of sp³-hybridized carbons (Fsp3) is 0.200. The fourth-order valence-corrected chi connectivity index (χ4v) is 3.26. The zero-order chi connectivity index (χ0) is 16.7. The monoisotopic (exact) mass is 353 g/mol. The van der Waals surface area contributed by atoms with Gasteiger partial charge >= 0.3 is 0 Å². The molecule has 0 atom stereocenters. The lowest BCUT2D eigenvalue weighted by atomic mass is 10.1. The molecule has 0 saturated heterocycles. The van der Waals surface area contributed by atoms with E-state index in [9.17, 15) is 0 Å². The van der Waals surface area contributed by atoms with Gasteiger partial charge in [-0.3, -0.25) is 0 Å². The number of fused-ring (bicyclic) bond motifs is 4. The van der Waals surface area contributed by atoms with Gasteiger partial charge in [-0.05, 0) is 19.9 Å². The lowest BCUT2D eigenvalue weighted by Crippen LogP contribution is -3.00. The lowest BCUT2D eigenvalue weighted by Gasteiger charge is -2.10. The number of hydrogen-bond acceptors (Lipinski definition) is 3. The summed E-state index contributed by atoms with van der Waals surface area (Å²) in [7, 11) is 0. The second-order valence-corrected chi connectivity index (χ2v) is 5.90. The molecule has 0 bridgehead atoms. The Morgan fingerprint density at radius 3 is 2.44 bits per heavy atom. The molecule has 4 nitrogen and oxygen atoms in total. The van der Waals surface area contributed by atoms with Gasteiger partial charge in [-0.15, -0.1) is 0 Å².